The molecule has 5 nitrogen and oxygen atoms in total. The van der Waals surface area contributed by atoms with Gasteiger partial charge in [-0.05, 0) is 24.5 Å². The molecule has 1 fully saturated rings. The van der Waals surface area contributed by atoms with Crippen molar-refractivity contribution in [2.45, 2.75) is 24.8 Å². The lowest BCUT2D eigenvalue weighted by Gasteiger charge is -2.13. The molecule has 2 aliphatic rings. The fourth-order valence-electron chi connectivity index (χ4n) is 3.28. The minimum Gasteiger partial charge on any atom is -0.461 e. The molecule has 1 aromatic carbocycles. The van der Waals surface area contributed by atoms with Crippen LogP contribution in [0.4, 0.5) is 0 Å². The van der Waals surface area contributed by atoms with Crippen molar-refractivity contribution in [3.63, 3.8) is 0 Å². The molecule has 2 aliphatic carbocycles. The zero-order valence-corrected chi connectivity index (χ0v) is 9.96. The molecule has 18 heavy (non-hydrogen) atoms. The summed E-state index contributed by atoms with van der Waals surface area (Å²) in [5.41, 5.74) is 0.534. The maximum Gasteiger partial charge on any atom is 0.385 e. The Morgan fingerprint density at radius 3 is 2.94 bits per heavy atom. The number of esters is 1. The Kier molecular flexibility index (Phi) is 2.20. The molecule has 5 heteroatoms. The van der Waals surface area contributed by atoms with E-state index in [1.54, 1.807) is 6.92 Å². The predicted molar refractivity (Wildman–Crippen MR) is 62.7 cm³/mol. The van der Waals surface area contributed by atoms with Gasteiger partial charge in [0.25, 0.3) is 0 Å². The fraction of sp³-hybridized carbons (Fsp3) is 0.462. The van der Waals surface area contributed by atoms with Gasteiger partial charge in [-0.2, -0.15) is 0 Å². The molecule has 1 saturated carbocycles. The summed E-state index contributed by atoms with van der Waals surface area (Å²) >= 11 is 0. The van der Waals surface area contributed by atoms with Crippen LogP contribution in [0.15, 0.2) is 24.3 Å². The molecule has 0 unspecified atom stereocenters. The van der Waals surface area contributed by atoms with Gasteiger partial charge in [0.15, 0.2) is 0 Å². The standard InChI is InChI=1S/C13H13NO4/c1-2-18-12(15)13(14(16)17)10-7-8-5-3-4-6-9(8)11(10)13/h3-6,10-11H,2,7H2,1H3/t10-,11+,13+/m0/s1. The molecule has 1 aromatic rings. The highest BCUT2D eigenvalue weighted by atomic mass is 16.6. The van der Waals surface area contributed by atoms with Crippen LogP contribution in [-0.4, -0.2) is 23.0 Å². The van der Waals surface area contributed by atoms with Gasteiger partial charge in [0.1, 0.15) is 0 Å². The van der Waals surface area contributed by atoms with Gasteiger partial charge in [-0.15, -0.1) is 0 Å². The Hall–Kier alpha value is -1.91. The average Bonchev–Trinajstić information content (AvgIpc) is 2.86. The third-order valence-electron chi connectivity index (χ3n) is 4.07. The number of hydrogen-bond acceptors (Lipinski definition) is 4. The summed E-state index contributed by atoms with van der Waals surface area (Å²) in [5.74, 6) is -1.22. The Bertz CT molecular complexity index is 542. The molecule has 3 atom stereocenters. The Balaban J connectivity index is 2.00. The number of fused-ring (bicyclic) bond motifs is 3. The summed E-state index contributed by atoms with van der Waals surface area (Å²) in [6, 6.07) is 7.62. The first-order valence-corrected chi connectivity index (χ1v) is 6.03. The van der Waals surface area contributed by atoms with Gasteiger partial charge >= 0.3 is 11.5 Å². The number of carbonyl (C=O) groups is 1. The lowest BCUT2D eigenvalue weighted by molar-refractivity contribution is -0.531. The Morgan fingerprint density at radius 2 is 2.28 bits per heavy atom. The van der Waals surface area contributed by atoms with Gasteiger partial charge in [-0.25, -0.2) is 4.79 Å². The maximum absolute atomic E-state index is 11.9. The minimum absolute atomic E-state index is 0.176. The summed E-state index contributed by atoms with van der Waals surface area (Å²) in [6.45, 7) is 1.84. The van der Waals surface area contributed by atoms with E-state index in [0.717, 1.165) is 11.1 Å². The van der Waals surface area contributed by atoms with Gasteiger partial charge in [-0.3, -0.25) is 10.1 Å². The number of carbonyl (C=O) groups excluding carboxylic acids is 1. The largest absolute Gasteiger partial charge is 0.461 e. The number of nitro groups is 1. The van der Waals surface area contributed by atoms with Crippen molar-refractivity contribution >= 4 is 5.97 Å². The van der Waals surface area contributed by atoms with Crippen molar-refractivity contribution < 1.29 is 14.5 Å². The van der Waals surface area contributed by atoms with Crippen molar-refractivity contribution in [1.82, 2.24) is 0 Å². The number of nitrogens with zero attached hydrogens (tertiary/aromatic N) is 1. The van der Waals surface area contributed by atoms with E-state index >= 15 is 0 Å². The second-order valence-electron chi connectivity index (χ2n) is 4.79. The SMILES string of the molecule is CCOC(=O)[C@]1([N+](=O)[O-])[C@@H]2c3ccccc3C[C@@H]21. The quantitative estimate of drug-likeness (QED) is 0.461. The van der Waals surface area contributed by atoms with Gasteiger partial charge in [0.05, 0.1) is 18.4 Å². The van der Waals surface area contributed by atoms with E-state index in [1.165, 1.54) is 0 Å². The molecule has 3 rings (SSSR count). The molecule has 0 N–H and O–H groups in total. The van der Waals surface area contributed by atoms with Crippen LogP contribution in [0, 0.1) is 16.0 Å². The lowest BCUT2D eigenvalue weighted by atomic mass is 9.98. The van der Waals surface area contributed by atoms with Crippen molar-refractivity contribution in [1.29, 1.82) is 0 Å². The molecule has 0 aliphatic heterocycles. The normalized spacial score (nSPS) is 31.4. The van der Waals surface area contributed by atoms with Crippen molar-refractivity contribution in [3.8, 4) is 0 Å². The molecular weight excluding hydrogens is 234 g/mol. The summed E-state index contributed by atoms with van der Waals surface area (Å²) in [7, 11) is 0. The molecule has 0 heterocycles. The van der Waals surface area contributed by atoms with Crippen molar-refractivity contribution in [3.05, 3.63) is 45.5 Å². The number of ether oxygens (including phenoxy) is 1. The van der Waals surface area contributed by atoms with E-state index in [4.69, 9.17) is 4.74 Å². The second-order valence-corrected chi connectivity index (χ2v) is 4.79. The lowest BCUT2D eigenvalue weighted by Crippen LogP contribution is -2.38. The Labute approximate surface area is 104 Å². The first-order valence-electron chi connectivity index (χ1n) is 6.03. The molecule has 0 amide bonds. The number of benzene rings is 1. The van der Waals surface area contributed by atoms with E-state index in [-0.39, 0.29) is 18.4 Å². The molecular formula is C13H13NO4. The van der Waals surface area contributed by atoms with Crippen molar-refractivity contribution in [2.24, 2.45) is 5.92 Å². The van der Waals surface area contributed by atoms with Gasteiger partial charge < -0.3 is 4.74 Å². The van der Waals surface area contributed by atoms with Crippen LogP contribution >= 0.6 is 0 Å². The van der Waals surface area contributed by atoms with E-state index < -0.39 is 16.4 Å². The van der Waals surface area contributed by atoms with Crippen LogP contribution in [0.1, 0.15) is 24.0 Å². The average molecular weight is 247 g/mol. The van der Waals surface area contributed by atoms with Gasteiger partial charge in [-0.1, -0.05) is 24.3 Å². The first kappa shape index (κ1) is 11.2. The summed E-state index contributed by atoms with van der Waals surface area (Å²) in [4.78, 5) is 22.8. The van der Waals surface area contributed by atoms with E-state index in [1.807, 2.05) is 24.3 Å². The molecule has 94 valence electrons. The summed E-state index contributed by atoms with van der Waals surface area (Å²) < 4.78 is 4.90. The smallest absolute Gasteiger partial charge is 0.385 e. The molecule has 0 radical (unpaired) electrons. The van der Waals surface area contributed by atoms with Crippen LogP contribution in [0.3, 0.4) is 0 Å². The van der Waals surface area contributed by atoms with E-state index in [9.17, 15) is 14.9 Å². The molecule has 0 spiro atoms. The number of rotatable bonds is 3. The third kappa shape index (κ3) is 1.14. The summed E-state index contributed by atoms with van der Waals surface area (Å²) in [5, 5.41) is 11.3. The van der Waals surface area contributed by atoms with Gasteiger partial charge in [0.2, 0.25) is 0 Å². The molecule has 0 saturated heterocycles. The predicted octanol–water partition coefficient (Wildman–Crippen LogP) is 1.53. The third-order valence-corrected chi connectivity index (χ3v) is 4.07. The van der Waals surface area contributed by atoms with Gasteiger partial charge in [0, 0.05) is 4.92 Å². The minimum atomic E-state index is -1.52. The van der Waals surface area contributed by atoms with Crippen LogP contribution in [0.2, 0.25) is 0 Å². The monoisotopic (exact) mass is 247 g/mol. The highest BCUT2D eigenvalue weighted by Crippen LogP contribution is 2.66. The second kappa shape index (κ2) is 3.54. The van der Waals surface area contributed by atoms with Crippen molar-refractivity contribution in [2.75, 3.05) is 6.61 Å². The zero-order valence-electron chi connectivity index (χ0n) is 9.96. The van der Waals surface area contributed by atoms with Crippen LogP contribution in [0.25, 0.3) is 0 Å². The fourth-order valence-corrected chi connectivity index (χ4v) is 3.28. The van der Waals surface area contributed by atoms with Crippen LogP contribution < -0.4 is 0 Å². The van der Waals surface area contributed by atoms with E-state index in [2.05, 4.69) is 0 Å². The molecule has 0 bridgehead atoms. The summed E-state index contributed by atoms with van der Waals surface area (Å²) in [6.07, 6.45) is 0.598. The highest BCUT2D eigenvalue weighted by Gasteiger charge is 2.84. The highest BCUT2D eigenvalue weighted by molar-refractivity contribution is 5.87. The zero-order chi connectivity index (χ0) is 12.9. The van der Waals surface area contributed by atoms with Crippen LogP contribution in [-0.2, 0) is 16.0 Å². The number of hydrogen-bond donors (Lipinski definition) is 0. The first-order chi connectivity index (χ1) is 8.64. The van der Waals surface area contributed by atoms with Crippen LogP contribution in [0.5, 0.6) is 0 Å². The Morgan fingerprint density at radius 1 is 1.56 bits per heavy atom. The molecule has 0 aromatic heterocycles. The van der Waals surface area contributed by atoms with E-state index in [0.29, 0.717) is 6.42 Å². The maximum atomic E-state index is 11.9. The topological polar surface area (TPSA) is 69.4 Å².